The number of aromatic nitrogens is 2. The Balaban J connectivity index is 1.90. The highest BCUT2D eigenvalue weighted by atomic mass is 19.1. The van der Waals surface area contributed by atoms with E-state index in [0.717, 1.165) is 5.69 Å². The van der Waals surface area contributed by atoms with Crippen molar-refractivity contribution in [3.63, 3.8) is 0 Å². The molecule has 0 saturated heterocycles. The molecule has 0 unspecified atom stereocenters. The van der Waals surface area contributed by atoms with Gasteiger partial charge in [0, 0.05) is 23.0 Å². The largest absolute Gasteiger partial charge is 0.463 e. The van der Waals surface area contributed by atoms with Gasteiger partial charge in [-0.15, -0.1) is 0 Å². The molecule has 1 aliphatic rings. The first-order valence-electron chi connectivity index (χ1n) is 9.84. The highest BCUT2D eigenvalue weighted by Gasteiger charge is 2.35. The fraction of sp³-hybridized carbons (Fsp3) is 0.174. The van der Waals surface area contributed by atoms with Gasteiger partial charge in [0.15, 0.2) is 0 Å². The molecule has 2 N–H and O–H groups in total. The zero-order valence-electron chi connectivity index (χ0n) is 17.1. The van der Waals surface area contributed by atoms with Crippen molar-refractivity contribution in [1.29, 1.82) is 0 Å². The monoisotopic (exact) mass is 420 g/mol. The van der Waals surface area contributed by atoms with E-state index in [2.05, 4.69) is 10.6 Å². The standard InChI is InChI=1S/C23H21FN4O3/c1-3-31-22(29)19-14(2)25-23(30)26-21(19)18-13-28(17-7-5-4-6-8-17)27-20(18)15-9-11-16(24)12-10-15/h4-13,21H,3H2,1-2H3,(H2,25,26,30)/t21-/m1/s1. The van der Waals surface area contributed by atoms with E-state index in [9.17, 15) is 14.0 Å². The summed E-state index contributed by atoms with van der Waals surface area (Å²) in [6.07, 6.45) is 1.76. The molecule has 4 rings (SSSR count). The third-order valence-corrected chi connectivity index (χ3v) is 4.96. The number of carbonyl (C=O) groups excluding carboxylic acids is 2. The number of nitrogens with zero attached hydrogens (tertiary/aromatic N) is 2. The second-order valence-electron chi connectivity index (χ2n) is 7.01. The molecule has 0 aliphatic carbocycles. The van der Waals surface area contributed by atoms with Crippen LogP contribution in [0.25, 0.3) is 16.9 Å². The minimum absolute atomic E-state index is 0.199. The maximum atomic E-state index is 13.5. The summed E-state index contributed by atoms with van der Waals surface area (Å²) in [6.45, 7) is 3.57. The first kappa shape index (κ1) is 20.3. The van der Waals surface area contributed by atoms with Gasteiger partial charge < -0.3 is 15.4 Å². The molecular formula is C23H21FN4O3. The summed E-state index contributed by atoms with van der Waals surface area (Å²) in [4.78, 5) is 25.0. The molecular weight excluding hydrogens is 399 g/mol. The molecule has 2 amide bonds. The predicted octanol–water partition coefficient (Wildman–Crippen LogP) is 3.87. The smallest absolute Gasteiger partial charge is 0.338 e. The van der Waals surface area contributed by atoms with Crippen molar-refractivity contribution in [2.45, 2.75) is 19.9 Å². The Morgan fingerprint density at radius 2 is 1.87 bits per heavy atom. The minimum atomic E-state index is -0.787. The lowest BCUT2D eigenvalue weighted by molar-refractivity contribution is -0.139. The fourth-order valence-corrected chi connectivity index (χ4v) is 3.55. The summed E-state index contributed by atoms with van der Waals surface area (Å²) in [5.41, 5.74) is 3.26. The number of ether oxygens (including phenoxy) is 1. The highest BCUT2D eigenvalue weighted by Crippen LogP contribution is 2.35. The summed E-state index contributed by atoms with van der Waals surface area (Å²) < 4.78 is 20.4. The van der Waals surface area contributed by atoms with Crippen LogP contribution in [0.15, 0.2) is 72.1 Å². The number of hydrogen-bond donors (Lipinski definition) is 2. The number of nitrogens with one attached hydrogen (secondary N) is 2. The van der Waals surface area contributed by atoms with E-state index in [1.54, 1.807) is 36.9 Å². The summed E-state index contributed by atoms with van der Waals surface area (Å²) >= 11 is 0. The van der Waals surface area contributed by atoms with Crippen molar-refractivity contribution < 1.29 is 18.7 Å². The molecule has 1 aromatic heterocycles. The highest BCUT2D eigenvalue weighted by molar-refractivity contribution is 5.95. The summed E-state index contributed by atoms with van der Waals surface area (Å²) in [7, 11) is 0. The fourth-order valence-electron chi connectivity index (χ4n) is 3.55. The van der Waals surface area contributed by atoms with Gasteiger partial charge in [0.2, 0.25) is 0 Å². The quantitative estimate of drug-likeness (QED) is 0.614. The van der Waals surface area contributed by atoms with Gasteiger partial charge in [-0.2, -0.15) is 5.10 Å². The van der Waals surface area contributed by atoms with E-state index in [1.807, 2.05) is 30.3 Å². The Labute approximate surface area is 178 Å². The summed E-state index contributed by atoms with van der Waals surface area (Å²) in [5.74, 6) is -0.902. The topological polar surface area (TPSA) is 85.2 Å². The van der Waals surface area contributed by atoms with E-state index in [-0.39, 0.29) is 18.0 Å². The van der Waals surface area contributed by atoms with Gasteiger partial charge in [-0.3, -0.25) is 0 Å². The lowest BCUT2D eigenvalue weighted by Crippen LogP contribution is -2.45. The number of urea groups is 1. The van der Waals surface area contributed by atoms with E-state index in [4.69, 9.17) is 9.84 Å². The Morgan fingerprint density at radius 3 is 2.55 bits per heavy atom. The van der Waals surface area contributed by atoms with Gasteiger partial charge >= 0.3 is 12.0 Å². The molecule has 0 bridgehead atoms. The average molecular weight is 420 g/mol. The van der Waals surface area contributed by atoms with Crippen LogP contribution in [-0.4, -0.2) is 28.4 Å². The van der Waals surface area contributed by atoms with Crippen molar-refractivity contribution in [3.05, 3.63) is 83.4 Å². The number of benzene rings is 2. The van der Waals surface area contributed by atoms with E-state index < -0.39 is 18.0 Å². The van der Waals surface area contributed by atoms with E-state index in [0.29, 0.717) is 22.5 Å². The van der Waals surface area contributed by atoms with Crippen molar-refractivity contribution in [2.24, 2.45) is 0 Å². The zero-order valence-corrected chi connectivity index (χ0v) is 17.1. The SMILES string of the molecule is CCOC(=O)C1=C(C)NC(=O)N[C@@H]1c1cn(-c2ccccc2)nc1-c1ccc(F)cc1. The third-order valence-electron chi connectivity index (χ3n) is 4.96. The van der Waals surface area contributed by atoms with Crippen molar-refractivity contribution in [2.75, 3.05) is 6.61 Å². The Morgan fingerprint density at radius 1 is 1.16 bits per heavy atom. The predicted molar refractivity (Wildman–Crippen MR) is 113 cm³/mol. The molecule has 0 radical (unpaired) electrons. The van der Waals surface area contributed by atoms with Crippen LogP contribution >= 0.6 is 0 Å². The lowest BCUT2D eigenvalue weighted by Gasteiger charge is -2.27. The van der Waals surface area contributed by atoms with Crippen LogP contribution in [0.4, 0.5) is 9.18 Å². The molecule has 2 aromatic carbocycles. The second-order valence-corrected chi connectivity index (χ2v) is 7.01. The number of rotatable bonds is 5. The van der Waals surface area contributed by atoms with Crippen LogP contribution in [0, 0.1) is 5.82 Å². The van der Waals surface area contributed by atoms with Crippen LogP contribution in [0.5, 0.6) is 0 Å². The number of para-hydroxylation sites is 1. The Bertz CT molecular complexity index is 1150. The number of amides is 2. The van der Waals surface area contributed by atoms with Gasteiger partial charge in [0.05, 0.1) is 29.6 Å². The molecule has 8 heteroatoms. The van der Waals surface area contributed by atoms with Crippen LogP contribution in [0.2, 0.25) is 0 Å². The third kappa shape index (κ3) is 4.05. The van der Waals surface area contributed by atoms with Crippen molar-refractivity contribution in [3.8, 4) is 16.9 Å². The number of carbonyl (C=O) groups is 2. The molecule has 0 spiro atoms. The molecule has 158 valence electrons. The van der Waals surface area contributed by atoms with Crippen LogP contribution in [0.3, 0.4) is 0 Å². The van der Waals surface area contributed by atoms with Gasteiger partial charge in [-0.05, 0) is 50.2 Å². The molecule has 2 heterocycles. The van der Waals surface area contributed by atoms with Gasteiger partial charge in [0.1, 0.15) is 5.82 Å². The molecule has 31 heavy (non-hydrogen) atoms. The van der Waals surface area contributed by atoms with Gasteiger partial charge in [-0.1, -0.05) is 18.2 Å². The average Bonchev–Trinajstić information content (AvgIpc) is 3.20. The number of hydrogen-bond acceptors (Lipinski definition) is 4. The lowest BCUT2D eigenvalue weighted by atomic mass is 9.94. The van der Waals surface area contributed by atoms with Crippen LogP contribution < -0.4 is 10.6 Å². The molecule has 0 fully saturated rings. The zero-order chi connectivity index (χ0) is 22.0. The molecule has 7 nitrogen and oxygen atoms in total. The van der Waals surface area contributed by atoms with Crippen molar-refractivity contribution >= 4 is 12.0 Å². The van der Waals surface area contributed by atoms with Crippen LogP contribution in [0.1, 0.15) is 25.5 Å². The summed E-state index contributed by atoms with van der Waals surface area (Å²) in [6, 6.07) is 14.1. The maximum absolute atomic E-state index is 13.5. The first-order valence-corrected chi connectivity index (χ1v) is 9.84. The molecule has 1 atom stereocenters. The maximum Gasteiger partial charge on any atom is 0.338 e. The van der Waals surface area contributed by atoms with Crippen molar-refractivity contribution in [1.82, 2.24) is 20.4 Å². The normalized spacial score (nSPS) is 16.0. The van der Waals surface area contributed by atoms with E-state index >= 15 is 0 Å². The molecule has 3 aromatic rings. The summed E-state index contributed by atoms with van der Waals surface area (Å²) in [5, 5.41) is 10.1. The number of allylic oxidation sites excluding steroid dienone is 1. The first-order chi connectivity index (χ1) is 15.0. The molecule has 1 aliphatic heterocycles. The van der Waals surface area contributed by atoms with Crippen LogP contribution in [-0.2, 0) is 9.53 Å². The van der Waals surface area contributed by atoms with E-state index in [1.165, 1.54) is 12.1 Å². The second kappa shape index (κ2) is 8.43. The van der Waals surface area contributed by atoms with Gasteiger partial charge in [0.25, 0.3) is 0 Å². The number of esters is 1. The number of halogens is 1. The van der Waals surface area contributed by atoms with Gasteiger partial charge in [-0.25, -0.2) is 18.7 Å². The Kier molecular flexibility index (Phi) is 5.53. The Hall–Kier alpha value is -3.94. The molecule has 0 saturated carbocycles. The minimum Gasteiger partial charge on any atom is -0.463 e.